The molecule has 0 aromatic heterocycles. The van der Waals surface area contributed by atoms with Gasteiger partial charge in [0.05, 0.1) is 18.4 Å². The Labute approximate surface area is 164 Å². The second-order valence-corrected chi connectivity index (χ2v) is 7.63. The van der Waals surface area contributed by atoms with Gasteiger partial charge in [-0.25, -0.2) is 0 Å². The Hall–Kier alpha value is -2.08. The molecule has 0 unspecified atom stereocenters. The molecule has 7 heteroatoms. The topological polar surface area (TPSA) is 66.9 Å². The number of amides is 3. The number of halogens is 1. The number of imide groups is 1. The Bertz CT molecular complexity index is 682. The van der Waals surface area contributed by atoms with Crippen molar-refractivity contribution in [2.45, 2.75) is 32.1 Å². The van der Waals surface area contributed by atoms with Crippen LogP contribution in [0, 0.1) is 11.8 Å². The molecular weight excluding hydrogens is 368 g/mol. The van der Waals surface area contributed by atoms with Crippen LogP contribution in [0.5, 0.6) is 5.75 Å². The Morgan fingerprint density at radius 1 is 1.15 bits per heavy atom. The van der Waals surface area contributed by atoms with Crippen molar-refractivity contribution in [2.75, 3.05) is 26.7 Å². The van der Waals surface area contributed by atoms with E-state index in [1.54, 1.807) is 36.2 Å². The summed E-state index contributed by atoms with van der Waals surface area (Å²) in [6.07, 6.45) is 3.74. The van der Waals surface area contributed by atoms with E-state index >= 15 is 0 Å². The maximum atomic E-state index is 12.4. The lowest BCUT2D eigenvalue weighted by Gasteiger charge is -2.20. The Kier molecular flexibility index (Phi) is 6.37. The summed E-state index contributed by atoms with van der Waals surface area (Å²) < 4.78 is 5.59. The molecule has 1 saturated carbocycles. The summed E-state index contributed by atoms with van der Waals surface area (Å²) in [4.78, 5) is 40.1. The third kappa shape index (κ3) is 4.61. The predicted molar refractivity (Wildman–Crippen MR) is 101 cm³/mol. The number of hydrogen-bond acceptors (Lipinski definition) is 4. The lowest BCUT2D eigenvalue weighted by molar-refractivity contribution is -0.140. The van der Waals surface area contributed by atoms with Gasteiger partial charge in [-0.15, -0.1) is 0 Å². The number of likely N-dealkylation sites (tertiary alicyclic amines) is 1. The first-order valence-electron chi connectivity index (χ1n) is 9.45. The second kappa shape index (κ2) is 8.74. The summed E-state index contributed by atoms with van der Waals surface area (Å²) in [7, 11) is 1.70. The smallest absolute Gasteiger partial charge is 0.233 e. The Morgan fingerprint density at radius 3 is 2.33 bits per heavy atom. The molecule has 2 atom stereocenters. The molecular formula is C20H25ClN2O4. The van der Waals surface area contributed by atoms with Gasteiger partial charge in [-0.1, -0.05) is 24.4 Å². The van der Waals surface area contributed by atoms with Gasteiger partial charge in [-0.2, -0.15) is 0 Å². The van der Waals surface area contributed by atoms with Crippen molar-refractivity contribution in [2.24, 2.45) is 11.8 Å². The summed E-state index contributed by atoms with van der Waals surface area (Å²) in [6, 6.07) is 7.03. The number of carbonyl (C=O) groups excluding carboxylic acids is 3. The van der Waals surface area contributed by atoms with Gasteiger partial charge in [-0.3, -0.25) is 19.3 Å². The lowest BCUT2D eigenvalue weighted by Crippen LogP contribution is -2.37. The van der Waals surface area contributed by atoms with Crippen molar-refractivity contribution in [3.8, 4) is 5.75 Å². The predicted octanol–water partition coefficient (Wildman–Crippen LogP) is 2.74. The van der Waals surface area contributed by atoms with Gasteiger partial charge in [0.15, 0.2) is 0 Å². The zero-order valence-electron chi connectivity index (χ0n) is 15.5. The van der Waals surface area contributed by atoms with Crippen LogP contribution in [0.1, 0.15) is 32.1 Å². The number of likely N-dealkylation sites (N-methyl/N-ethyl adjacent to an activating group) is 1. The van der Waals surface area contributed by atoms with Gasteiger partial charge < -0.3 is 9.64 Å². The highest BCUT2D eigenvalue weighted by Crippen LogP contribution is 2.37. The number of hydrogen-bond donors (Lipinski definition) is 0. The van der Waals surface area contributed by atoms with Gasteiger partial charge in [0.2, 0.25) is 17.7 Å². The Morgan fingerprint density at radius 2 is 1.74 bits per heavy atom. The third-order valence-corrected chi connectivity index (χ3v) is 5.67. The zero-order valence-corrected chi connectivity index (χ0v) is 16.3. The fourth-order valence-electron chi connectivity index (χ4n) is 3.81. The average Bonchev–Trinajstić information content (AvgIpc) is 2.92. The van der Waals surface area contributed by atoms with E-state index in [0.29, 0.717) is 23.9 Å². The molecule has 1 aromatic rings. The molecule has 1 aliphatic heterocycles. The van der Waals surface area contributed by atoms with Crippen molar-refractivity contribution in [1.82, 2.24) is 9.80 Å². The van der Waals surface area contributed by atoms with Gasteiger partial charge in [0.1, 0.15) is 12.4 Å². The third-order valence-electron chi connectivity index (χ3n) is 5.42. The molecule has 146 valence electrons. The van der Waals surface area contributed by atoms with Crippen molar-refractivity contribution in [3.05, 3.63) is 29.3 Å². The average molecular weight is 393 g/mol. The minimum absolute atomic E-state index is 0.0915. The van der Waals surface area contributed by atoms with Crippen molar-refractivity contribution < 1.29 is 19.1 Å². The van der Waals surface area contributed by atoms with E-state index in [-0.39, 0.29) is 42.5 Å². The summed E-state index contributed by atoms with van der Waals surface area (Å²) in [5.74, 6) is 0.0810. The van der Waals surface area contributed by atoms with E-state index < -0.39 is 0 Å². The molecule has 0 N–H and O–H groups in total. The number of benzene rings is 1. The summed E-state index contributed by atoms with van der Waals surface area (Å²) in [5, 5.41) is 0.639. The summed E-state index contributed by atoms with van der Waals surface area (Å²) >= 11 is 5.83. The van der Waals surface area contributed by atoms with E-state index in [4.69, 9.17) is 16.3 Å². The molecule has 1 aliphatic carbocycles. The minimum Gasteiger partial charge on any atom is -0.492 e. The SMILES string of the molecule is CN(CCOc1ccc(Cl)cc1)C(=O)CCN1C(=O)[C@@H]2CCCC[C@H]2C1=O. The fourth-order valence-corrected chi connectivity index (χ4v) is 3.93. The first-order valence-corrected chi connectivity index (χ1v) is 9.82. The molecule has 0 bridgehead atoms. The van der Waals surface area contributed by atoms with E-state index in [1.165, 1.54) is 4.90 Å². The molecule has 1 saturated heterocycles. The Balaban J connectivity index is 1.42. The van der Waals surface area contributed by atoms with E-state index in [9.17, 15) is 14.4 Å². The molecule has 27 heavy (non-hydrogen) atoms. The molecule has 3 amide bonds. The summed E-state index contributed by atoms with van der Waals surface area (Å²) in [6.45, 7) is 0.954. The molecule has 1 aromatic carbocycles. The number of nitrogens with zero attached hydrogens (tertiary/aromatic N) is 2. The molecule has 1 heterocycles. The van der Waals surface area contributed by atoms with Crippen LogP contribution in [-0.4, -0.2) is 54.3 Å². The monoisotopic (exact) mass is 392 g/mol. The van der Waals surface area contributed by atoms with Crippen molar-refractivity contribution in [1.29, 1.82) is 0 Å². The molecule has 6 nitrogen and oxygen atoms in total. The van der Waals surface area contributed by atoms with Gasteiger partial charge >= 0.3 is 0 Å². The standard InChI is InChI=1S/C20H25ClN2O4/c1-22(12-13-27-15-8-6-14(21)7-9-15)18(24)10-11-23-19(25)16-4-2-3-5-17(16)20(23)26/h6-9,16-17H,2-5,10-13H2,1H3/t16-,17-/m1/s1. The van der Waals surface area contributed by atoms with Gasteiger partial charge in [-0.05, 0) is 37.1 Å². The van der Waals surface area contributed by atoms with Crippen LogP contribution in [0.25, 0.3) is 0 Å². The van der Waals surface area contributed by atoms with E-state index in [2.05, 4.69) is 0 Å². The zero-order chi connectivity index (χ0) is 19.4. The highest BCUT2D eigenvalue weighted by atomic mass is 35.5. The molecule has 3 rings (SSSR count). The lowest BCUT2D eigenvalue weighted by atomic mass is 9.81. The van der Waals surface area contributed by atoms with Crippen LogP contribution < -0.4 is 4.74 Å². The largest absolute Gasteiger partial charge is 0.492 e. The highest BCUT2D eigenvalue weighted by molar-refractivity contribution is 6.30. The van der Waals surface area contributed by atoms with Gasteiger partial charge in [0.25, 0.3) is 0 Å². The maximum absolute atomic E-state index is 12.4. The van der Waals surface area contributed by atoms with Crippen LogP contribution in [0.2, 0.25) is 5.02 Å². The molecule has 0 radical (unpaired) electrons. The minimum atomic E-state index is -0.160. The number of ether oxygens (including phenoxy) is 1. The van der Waals surface area contributed by atoms with E-state index in [1.807, 2.05) is 0 Å². The fraction of sp³-hybridized carbons (Fsp3) is 0.550. The van der Waals surface area contributed by atoms with Crippen LogP contribution >= 0.6 is 11.6 Å². The summed E-state index contributed by atoms with van der Waals surface area (Å²) in [5.41, 5.74) is 0. The number of fused-ring (bicyclic) bond motifs is 1. The molecule has 2 fully saturated rings. The highest BCUT2D eigenvalue weighted by Gasteiger charge is 2.47. The first kappa shape index (κ1) is 19.7. The van der Waals surface area contributed by atoms with Crippen molar-refractivity contribution >= 4 is 29.3 Å². The maximum Gasteiger partial charge on any atom is 0.233 e. The quantitative estimate of drug-likeness (QED) is 0.669. The second-order valence-electron chi connectivity index (χ2n) is 7.19. The van der Waals surface area contributed by atoms with E-state index in [0.717, 1.165) is 25.7 Å². The first-order chi connectivity index (χ1) is 13.0. The number of carbonyl (C=O) groups is 3. The van der Waals surface area contributed by atoms with Gasteiger partial charge in [0, 0.05) is 25.0 Å². The van der Waals surface area contributed by atoms with Crippen LogP contribution in [-0.2, 0) is 14.4 Å². The number of rotatable bonds is 7. The van der Waals surface area contributed by atoms with Crippen LogP contribution in [0.3, 0.4) is 0 Å². The normalized spacial score (nSPS) is 21.9. The van der Waals surface area contributed by atoms with Crippen molar-refractivity contribution in [3.63, 3.8) is 0 Å². The van der Waals surface area contributed by atoms with Crippen LogP contribution in [0.4, 0.5) is 0 Å². The molecule has 0 spiro atoms. The van der Waals surface area contributed by atoms with Crippen LogP contribution in [0.15, 0.2) is 24.3 Å². The molecule has 2 aliphatic rings.